The molecule has 2 saturated carbocycles. The topological polar surface area (TPSA) is 55.1 Å². The molecule has 3 N–H and O–H groups in total. The summed E-state index contributed by atoms with van der Waals surface area (Å²) in [6.45, 7) is 4.54. The summed E-state index contributed by atoms with van der Waals surface area (Å²) in [6.07, 6.45) is 10.5. The van der Waals surface area contributed by atoms with E-state index >= 15 is 0 Å². The second kappa shape index (κ2) is 6.25. The molecule has 0 saturated heterocycles. The number of rotatable bonds is 5. The number of amides is 1. The van der Waals surface area contributed by atoms with Crippen LogP contribution in [0.5, 0.6) is 0 Å². The second-order valence-electron chi connectivity index (χ2n) is 7.16. The Morgan fingerprint density at radius 3 is 2.53 bits per heavy atom. The largest absolute Gasteiger partial charge is 0.368 e. The summed E-state index contributed by atoms with van der Waals surface area (Å²) in [6, 6.07) is 0.519. The smallest absolute Gasteiger partial charge is 0.237 e. The summed E-state index contributed by atoms with van der Waals surface area (Å²) < 4.78 is 0. The van der Waals surface area contributed by atoms with E-state index < -0.39 is 5.54 Å². The lowest BCUT2D eigenvalue weighted by Crippen LogP contribution is -2.60. The number of carbonyl (C=O) groups excluding carboxylic acids is 1. The Bertz CT molecular complexity index is 310. The molecule has 110 valence electrons. The first-order valence-electron chi connectivity index (χ1n) is 8.09. The van der Waals surface area contributed by atoms with Gasteiger partial charge >= 0.3 is 0 Å². The Hall–Kier alpha value is -0.570. The Morgan fingerprint density at radius 2 is 1.95 bits per heavy atom. The number of hydrogen-bond donors (Lipinski definition) is 2. The zero-order valence-electron chi connectivity index (χ0n) is 12.6. The fourth-order valence-electron chi connectivity index (χ4n) is 4.14. The number of carbonyl (C=O) groups is 1. The molecule has 2 fully saturated rings. The van der Waals surface area contributed by atoms with Crippen molar-refractivity contribution in [3.8, 4) is 0 Å². The van der Waals surface area contributed by atoms with Crippen molar-refractivity contribution >= 4 is 5.91 Å². The van der Waals surface area contributed by atoms with Crippen molar-refractivity contribution in [3.05, 3.63) is 0 Å². The van der Waals surface area contributed by atoms with Gasteiger partial charge < -0.3 is 11.1 Å². The molecule has 3 nitrogen and oxygen atoms in total. The molecule has 0 heterocycles. The minimum Gasteiger partial charge on any atom is -0.368 e. The summed E-state index contributed by atoms with van der Waals surface area (Å²) in [5, 5.41) is 3.66. The lowest BCUT2D eigenvalue weighted by Gasteiger charge is -2.41. The predicted molar refractivity (Wildman–Crippen MR) is 78.7 cm³/mol. The average Bonchev–Trinajstić information content (AvgIpc) is 2.81. The molecular formula is C16H30N2O. The van der Waals surface area contributed by atoms with Crippen LogP contribution in [0, 0.1) is 11.8 Å². The first kappa shape index (κ1) is 14.8. The fraction of sp³-hybridized carbons (Fsp3) is 0.938. The molecule has 0 bridgehead atoms. The molecule has 2 aliphatic rings. The molecule has 0 spiro atoms. The van der Waals surface area contributed by atoms with Crippen LogP contribution < -0.4 is 11.1 Å². The van der Waals surface area contributed by atoms with Crippen molar-refractivity contribution in [2.24, 2.45) is 17.6 Å². The van der Waals surface area contributed by atoms with Crippen LogP contribution in [0.25, 0.3) is 0 Å². The van der Waals surface area contributed by atoms with Gasteiger partial charge in [0, 0.05) is 6.04 Å². The standard InChI is InChI=1S/C16H30N2O/c1-12(2)10-13-6-5-9-16(11-13,15(17)19)18-14-7-3-4-8-14/h12-14,18H,3-11H2,1-2H3,(H2,17,19). The third-order valence-corrected chi connectivity index (χ3v) is 4.97. The van der Waals surface area contributed by atoms with E-state index in [1.807, 2.05) is 0 Å². The molecule has 0 aromatic rings. The van der Waals surface area contributed by atoms with Gasteiger partial charge in [0.1, 0.15) is 0 Å². The number of hydrogen-bond acceptors (Lipinski definition) is 2. The molecule has 2 atom stereocenters. The molecule has 0 radical (unpaired) electrons. The molecule has 0 aliphatic heterocycles. The van der Waals surface area contributed by atoms with E-state index in [0.717, 1.165) is 19.3 Å². The van der Waals surface area contributed by atoms with Crippen LogP contribution in [0.15, 0.2) is 0 Å². The monoisotopic (exact) mass is 266 g/mol. The van der Waals surface area contributed by atoms with Crippen LogP contribution in [0.1, 0.15) is 71.6 Å². The molecule has 2 unspecified atom stereocenters. The van der Waals surface area contributed by atoms with E-state index in [0.29, 0.717) is 17.9 Å². The molecule has 1 amide bonds. The summed E-state index contributed by atoms with van der Waals surface area (Å²) in [7, 11) is 0. The van der Waals surface area contributed by atoms with E-state index in [9.17, 15) is 4.79 Å². The van der Waals surface area contributed by atoms with Crippen LogP contribution in [0.2, 0.25) is 0 Å². The molecule has 19 heavy (non-hydrogen) atoms. The van der Waals surface area contributed by atoms with E-state index in [-0.39, 0.29) is 5.91 Å². The minimum absolute atomic E-state index is 0.118. The van der Waals surface area contributed by atoms with Gasteiger partial charge in [-0.15, -0.1) is 0 Å². The van der Waals surface area contributed by atoms with Crippen LogP contribution in [0.4, 0.5) is 0 Å². The first-order valence-corrected chi connectivity index (χ1v) is 8.09. The highest BCUT2D eigenvalue weighted by Crippen LogP contribution is 2.37. The molecule has 3 heteroatoms. The van der Waals surface area contributed by atoms with Crippen molar-refractivity contribution in [3.63, 3.8) is 0 Å². The van der Waals surface area contributed by atoms with Gasteiger partial charge in [-0.2, -0.15) is 0 Å². The quantitative estimate of drug-likeness (QED) is 0.803. The molecule has 2 aliphatic carbocycles. The Labute approximate surface area is 117 Å². The second-order valence-corrected chi connectivity index (χ2v) is 7.16. The van der Waals surface area contributed by atoms with Crippen molar-refractivity contribution in [2.45, 2.75) is 83.2 Å². The zero-order valence-corrected chi connectivity index (χ0v) is 12.6. The van der Waals surface area contributed by atoms with Gasteiger partial charge in [0.2, 0.25) is 5.91 Å². The first-order chi connectivity index (χ1) is 9.02. The lowest BCUT2D eigenvalue weighted by molar-refractivity contribution is -0.127. The Kier molecular flexibility index (Phi) is 4.88. The van der Waals surface area contributed by atoms with Crippen LogP contribution >= 0.6 is 0 Å². The summed E-state index contributed by atoms with van der Waals surface area (Å²) in [5.74, 6) is 1.25. The maximum Gasteiger partial charge on any atom is 0.237 e. The molecule has 2 rings (SSSR count). The Morgan fingerprint density at radius 1 is 1.26 bits per heavy atom. The van der Waals surface area contributed by atoms with E-state index in [2.05, 4.69) is 19.2 Å². The van der Waals surface area contributed by atoms with E-state index in [1.54, 1.807) is 0 Å². The summed E-state index contributed by atoms with van der Waals surface area (Å²) >= 11 is 0. The zero-order chi connectivity index (χ0) is 13.9. The van der Waals surface area contributed by atoms with E-state index in [1.165, 1.54) is 38.5 Å². The van der Waals surface area contributed by atoms with Gasteiger partial charge in [0.05, 0.1) is 5.54 Å². The highest BCUT2D eigenvalue weighted by molar-refractivity contribution is 5.84. The van der Waals surface area contributed by atoms with Crippen LogP contribution in [-0.2, 0) is 4.79 Å². The van der Waals surface area contributed by atoms with Crippen LogP contribution in [0.3, 0.4) is 0 Å². The SMILES string of the molecule is CC(C)CC1CCCC(NC2CCCC2)(C(N)=O)C1. The Balaban J connectivity index is 2.02. The van der Waals surface area contributed by atoms with Crippen molar-refractivity contribution in [2.75, 3.05) is 0 Å². The van der Waals surface area contributed by atoms with Gasteiger partial charge in [-0.1, -0.05) is 39.5 Å². The van der Waals surface area contributed by atoms with Gasteiger partial charge in [0.25, 0.3) is 0 Å². The maximum atomic E-state index is 12.1. The van der Waals surface area contributed by atoms with Crippen molar-refractivity contribution in [1.29, 1.82) is 0 Å². The van der Waals surface area contributed by atoms with Gasteiger partial charge in [-0.3, -0.25) is 4.79 Å². The third kappa shape index (κ3) is 3.71. The van der Waals surface area contributed by atoms with Crippen LogP contribution in [-0.4, -0.2) is 17.5 Å². The number of primary amides is 1. The highest BCUT2D eigenvalue weighted by atomic mass is 16.1. The highest BCUT2D eigenvalue weighted by Gasteiger charge is 2.42. The third-order valence-electron chi connectivity index (χ3n) is 4.97. The lowest BCUT2D eigenvalue weighted by atomic mass is 9.72. The minimum atomic E-state index is -0.410. The van der Waals surface area contributed by atoms with Gasteiger partial charge in [0.15, 0.2) is 0 Å². The van der Waals surface area contributed by atoms with Gasteiger partial charge in [-0.05, 0) is 43.9 Å². The summed E-state index contributed by atoms with van der Waals surface area (Å²) in [5.41, 5.74) is 5.36. The van der Waals surface area contributed by atoms with Crippen molar-refractivity contribution in [1.82, 2.24) is 5.32 Å². The van der Waals surface area contributed by atoms with Gasteiger partial charge in [-0.25, -0.2) is 0 Å². The maximum absolute atomic E-state index is 12.1. The molecule has 0 aromatic heterocycles. The fourth-order valence-corrected chi connectivity index (χ4v) is 4.14. The van der Waals surface area contributed by atoms with Crippen molar-refractivity contribution < 1.29 is 4.79 Å². The molecular weight excluding hydrogens is 236 g/mol. The van der Waals surface area contributed by atoms with E-state index in [4.69, 9.17) is 5.73 Å². The average molecular weight is 266 g/mol. The number of nitrogens with two attached hydrogens (primary N) is 1. The predicted octanol–water partition coefficient (Wildman–Crippen LogP) is 2.98. The summed E-state index contributed by atoms with van der Waals surface area (Å²) in [4.78, 5) is 12.1. The molecule has 0 aromatic carbocycles. The normalized spacial score (nSPS) is 32.9. The number of nitrogens with one attached hydrogen (secondary N) is 1.